The van der Waals surface area contributed by atoms with Gasteiger partial charge in [0.1, 0.15) is 5.82 Å². The Morgan fingerprint density at radius 3 is 2.71 bits per heavy atom. The lowest BCUT2D eigenvalue weighted by Gasteiger charge is -2.17. The first-order chi connectivity index (χ1) is 11.4. The highest BCUT2D eigenvalue weighted by atomic mass is 19.1. The van der Waals surface area contributed by atoms with E-state index in [1.807, 2.05) is 12.1 Å². The van der Waals surface area contributed by atoms with Gasteiger partial charge in [0.15, 0.2) is 0 Å². The van der Waals surface area contributed by atoms with Crippen molar-refractivity contribution in [2.45, 2.75) is 13.0 Å². The van der Waals surface area contributed by atoms with Gasteiger partial charge in [-0.05, 0) is 42.3 Å². The fourth-order valence-corrected chi connectivity index (χ4v) is 2.76. The number of H-pyrrole nitrogens is 1. The zero-order chi connectivity index (χ0) is 17.4. The van der Waals surface area contributed by atoms with Gasteiger partial charge in [-0.2, -0.15) is 0 Å². The van der Waals surface area contributed by atoms with Crippen LogP contribution in [0.4, 0.5) is 4.39 Å². The van der Waals surface area contributed by atoms with E-state index >= 15 is 0 Å². The Hall–Kier alpha value is -2.73. The van der Waals surface area contributed by atoms with Gasteiger partial charge >= 0.3 is 0 Å². The molecule has 5 nitrogen and oxygen atoms in total. The summed E-state index contributed by atoms with van der Waals surface area (Å²) < 4.78 is 14.6. The maximum Gasteiger partial charge on any atom is 0.253 e. The molecule has 3 rings (SSSR count). The summed E-state index contributed by atoms with van der Waals surface area (Å²) in [5.41, 5.74) is 3.17. The van der Waals surface area contributed by atoms with Crippen LogP contribution in [-0.4, -0.2) is 40.0 Å². The lowest BCUT2D eigenvalue weighted by Crippen LogP contribution is -2.22. The minimum Gasteiger partial charge on any atom is -0.389 e. The Balaban J connectivity index is 2.24. The van der Waals surface area contributed by atoms with Crippen molar-refractivity contribution >= 4 is 16.9 Å². The van der Waals surface area contributed by atoms with Gasteiger partial charge in [-0.25, -0.2) is 9.37 Å². The number of hydrogen-bond acceptors (Lipinski definition) is 3. The Labute approximate surface area is 138 Å². The first-order valence-electron chi connectivity index (χ1n) is 7.55. The fourth-order valence-electron chi connectivity index (χ4n) is 2.76. The quantitative estimate of drug-likeness (QED) is 0.776. The lowest BCUT2D eigenvalue weighted by molar-refractivity contribution is 0.0827. The number of carbonyl (C=O) groups excluding carboxylic acids is 1. The van der Waals surface area contributed by atoms with E-state index in [2.05, 4.69) is 9.97 Å². The number of benzene rings is 2. The lowest BCUT2D eigenvalue weighted by atomic mass is 9.93. The molecule has 1 unspecified atom stereocenters. The number of hydrogen-bond donors (Lipinski definition) is 2. The standard InChI is InChI=1S/C18H18FN3O2/c1-10(23)17-13(6-12(7-14(17)19)18(24)22(2)3)11-4-5-15-16(8-11)21-9-20-15/h4-10,23H,1-3H3,(H,20,21). The summed E-state index contributed by atoms with van der Waals surface area (Å²) in [5, 5.41) is 10.0. The van der Waals surface area contributed by atoms with E-state index in [4.69, 9.17) is 0 Å². The van der Waals surface area contributed by atoms with Gasteiger partial charge in [-0.3, -0.25) is 4.79 Å². The van der Waals surface area contributed by atoms with Crippen molar-refractivity contribution in [1.29, 1.82) is 0 Å². The molecule has 1 atom stereocenters. The number of amides is 1. The van der Waals surface area contributed by atoms with E-state index in [0.29, 0.717) is 11.1 Å². The number of rotatable bonds is 3. The number of aliphatic hydroxyl groups is 1. The molecule has 1 aromatic heterocycles. The van der Waals surface area contributed by atoms with E-state index < -0.39 is 11.9 Å². The number of aromatic amines is 1. The molecule has 6 heteroatoms. The van der Waals surface area contributed by atoms with Crippen molar-refractivity contribution in [3.63, 3.8) is 0 Å². The molecule has 0 radical (unpaired) electrons. The van der Waals surface area contributed by atoms with E-state index in [-0.39, 0.29) is 17.0 Å². The number of fused-ring (bicyclic) bond motifs is 1. The fraction of sp³-hybridized carbons (Fsp3) is 0.222. The Kier molecular flexibility index (Phi) is 4.07. The molecule has 0 saturated carbocycles. The third-order valence-electron chi connectivity index (χ3n) is 3.93. The summed E-state index contributed by atoms with van der Waals surface area (Å²) in [6.45, 7) is 1.50. The molecule has 2 N–H and O–H groups in total. The number of aliphatic hydroxyl groups excluding tert-OH is 1. The van der Waals surface area contributed by atoms with Crippen LogP contribution in [0.3, 0.4) is 0 Å². The molecule has 0 aliphatic heterocycles. The van der Waals surface area contributed by atoms with Crippen LogP contribution in [-0.2, 0) is 0 Å². The topological polar surface area (TPSA) is 69.2 Å². The molecule has 124 valence electrons. The van der Waals surface area contributed by atoms with Crippen molar-refractivity contribution in [1.82, 2.24) is 14.9 Å². The van der Waals surface area contributed by atoms with Crippen molar-refractivity contribution < 1.29 is 14.3 Å². The van der Waals surface area contributed by atoms with Crippen molar-refractivity contribution in [3.8, 4) is 11.1 Å². The summed E-state index contributed by atoms with van der Waals surface area (Å²) >= 11 is 0. The van der Waals surface area contributed by atoms with Crippen LogP contribution < -0.4 is 0 Å². The molecule has 1 heterocycles. The zero-order valence-corrected chi connectivity index (χ0v) is 13.7. The smallest absolute Gasteiger partial charge is 0.253 e. The van der Waals surface area contributed by atoms with Crippen LogP contribution >= 0.6 is 0 Å². The molecule has 0 aliphatic carbocycles. The van der Waals surface area contributed by atoms with Crippen molar-refractivity contribution in [2.75, 3.05) is 14.1 Å². The molecule has 0 bridgehead atoms. The maximum atomic E-state index is 14.6. The summed E-state index contributed by atoms with van der Waals surface area (Å²) in [5.74, 6) is -0.900. The second kappa shape index (κ2) is 6.05. The van der Waals surface area contributed by atoms with Gasteiger partial charge < -0.3 is 15.0 Å². The number of nitrogens with one attached hydrogen (secondary N) is 1. The number of carbonyl (C=O) groups is 1. The average molecular weight is 327 g/mol. The summed E-state index contributed by atoms with van der Waals surface area (Å²) in [6.07, 6.45) is 0.578. The van der Waals surface area contributed by atoms with Gasteiger partial charge in [0.2, 0.25) is 0 Å². The number of nitrogens with zero attached hydrogens (tertiary/aromatic N) is 2. The van der Waals surface area contributed by atoms with Crippen LogP contribution in [0.25, 0.3) is 22.2 Å². The van der Waals surface area contributed by atoms with Crippen LogP contribution in [0.1, 0.15) is 28.9 Å². The summed E-state index contributed by atoms with van der Waals surface area (Å²) in [7, 11) is 3.22. The predicted octanol–water partition coefficient (Wildman–Crippen LogP) is 3.12. The molecule has 2 aromatic carbocycles. The molecule has 0 spiro atoms. The summed E-state index contributed by atoms with van der Waals surface area (Å²) in [6, 6.07) is 8.23. The zero-order valence-electron chi connectivity index (χ0n) is 13.7. The monoisotopic (exact) mass is 327 g/mol. The minimum atomic E-state index is -1.00. The molecule has 24 heavy (non-hydrogen) atoms. The SMILES string of the molecule is CC(O)c1c(F)cc(C(=O)N(C)C)cc1-c1ccc2[nH]cnc2c1. The maximum absolute atomic E-state index is 14.6. The van der Waals surface area contributed by atoms with E-state index in [1.54, 1.807) is 32.6 Å². The van der Waals surface area contributed by atoms with Crippen LogP contribution in [0, 0.1) is 5.82 Å². The third-order valence-corrected chi connectivity index (χ3v) is 3.93. The molecule has 0 fully saturated rings. The van der Waals surface area contributed by atoms with Gasteiger partial charge in [-0.15, -0.1) is 0 Å². The third kappa shape index (κ3) is 2.76. The number of imidazole rings is 1. The van der Waals surface area contributed by atoms with E-state index in [0.717, 1.165) is 11.0 Å². The highest BCUT2D eigenvalue weighted by Gasteiger charge is 2.20. The molecule has 0 saturated heterocycles. The van der Waals surface area contributed by atoms with Gasteiger partial charge in [0.05, 0.1) is 23.5 Å². The average Bonchev–Trinajstić information content (AvgIpc) is 3.00. The number of aromatic nitrogens is 2. The van der Waals surface area contributed by atoms with Gasteiger partial charge in [-0.1, -0.05) is 6.07 Å². The minimum absolute atomic E-state index is 0.167. The molecule has 1 amide bonds. The molecule has 0 aliphatic rings. The molecule has 3 aromatic rings. The molecular weight excluding hydrogens is 309 g/mol. The van der Waals surface area contributed by atoms with Crippen LogP contribution in [0.5, 0.6) is 0 Å². The van der Waals surface area contributed by atoms with Gasteiger partial charge in [0.25, 0.3) is 5.91 Å². The van der Waals surface area contributed by atoms with Crippen molar-refractivity contribution in [3.05, 3.63) is 53.6 Å². The van der Waals surface area contributed by atoms with E-state index in [1.165, 1.54) is 17.9 Å². The Morgan fingerprint density at radius 1 is 1.29 bits per heavy atom. The molecular formula is C18H18FN3O2. The first kappa shape index (κ1) is 16.1. The van der Waals surface area contributed by atoms with Crippen LogP contribution in [0.2, 0.25) is 0 Å². The predicted molar refractivity (Wildman–Crippen MR) is 90.1 cm³/mol. The Bertz CT molecular complexity index is 916. The van der Waals surface area contributed by atoms with Crippen molar-refractivity contribution in [2.24, 2.45) is 0 Å². The van der Waals surface area contributed by atoms with E-state index in [9.17, 15) is 14.3 Å². The largest absolute Gasteiger partial charge is 0.389 e. The highest BCUT2D eigenvalue weighted by molar-refractivity contribution is 5.96. The van der Waals surface area contributed by atoms with Gasteiger partial charge in [0, 0.05) is 25.2 Å². The first-order valence-corrected chi connectivity index (χ1v) is 7.55. The van der Waals surface area contributed by atoms with Crippen LogP contribution in [0.15, 0.2) is 36.7 Å². The highest BCUT2D eigenvalue weighted by Crippen LogP contribution is 2.33. The normalized spacial score (nSPS) is 12.4. The summed E-state index contributed by atoms with van der Waals surface area (Å²) in [4.78, 5) is 20.8. The number of halogens is 1. The second-order valence-corrected chi connectivity index (χ2v) is 5.93. The Morgan fingerprint density at radius 2 is 2.04 bits per heavy atom. The second-order valence-electron chi connectivity index (χ2n) is 5.93.